The smallest absolute Gasteiger partial charge is 0.235 e. The quantitative estimate of drug-likeness (QED) is 0.645. The number of benzene rings is 1. The number of rotatable bonds is 8. The lowest BCUT2D eigenvalue weighted by Gasteiger charge is -2.23. The van der Waals surface area contributed by atoms with Crippen molar-refractivity contribution in [1.82, 2.24) is 15.6 Å². The van der Waals surface area contributed by atoms with Gasteiger partial charge < -0.3 is 15.6 Å². The highest BCUT2D eigenvalue weighted by Crippen LogP contribution is 2.18. The summed E-state index contributed by atoms with van der Waals surface area (Å²) in [7, 11) is 0. The number of aromatic amines is 1. The summed E-state index contributed by atoms with van der Waals surface area (Å²) in [5, 5.41) is 6.92. The molecule has 0 atom stereocenters. The first kappa shape index (κ1) is 19.0. The van der Waals surface area contributed by atoms with E-state index in [9.17, 15) is 9.59 Å². The van der Waals surface area contributed by atoms with Crippen LogP contribution in [-0.2, 0) is 16.0 Å². The van der Waals surface area contributed by atoms with Crippen LogP contribution in [-0.4, -0.2) is 29.9 Å². The molecule has 0 bridgehead atoms. The van der Waals surface area contributed by atoms with Gasteiger partial charge in [-0.3, -0.25) is 9.59 Å². The average Bonchev–Trinajstić information content (AvgIpc) is 2.97. The molecule has 0 saturated carbocycles. The van der Waals surface area contributed by atoms with Crippen LogP contribution in [0.4, 0.5) is 0 Å². The van der Waals surface area contributed by atoms with Crippen molar-refractivity contribution in [2.45, 2.75) is 40.5 Å². The molecule has 0 spiro atoms. The first-order valence-corrected chi connectivity index (χ1v) is 8.94. The minimum Gasteiger partial charge on any atom is -0.361 e. The summed E-state index contributed by atoms with van der Waals surface area (Å²) < 4.78 is 0. The molecule has 0 fully saturated rings. The van der Waals surface area contributed by atoms with E-state index in [-0.39, 0.29) is 11.8 Å². The Hall–Kier alpha value is -2.30. The van der Waals surface area contributed by atoms with Gasteiger partial charge in [-0.1, -0.05) is 32.0 Å². The molecular weight excluding hydrogens is 314 g/mol. The molecular formula is C20H29N3O2. The fourth-order valence-electron chi connectivity index (χ4n) is 2.67. The molecule has 25 heavy (non-hydrogen) atoms. The Kier molecular flexibility index (Phi) is 6.23. The largest absolute Gasteiger partial charge is 0.361 e. The monoisotopic (exact) mass is 343 g/mol. The average molecular weight is 343 g/mol. The van der Waals surface area contributed by atoms with E-state index < -0.39 is 5.41 Å². The zero-order valence-electron chi connectivity index (χ0n) is 15.6. The van der Waals surface area contributed by atoms with Crippen LogP contribution in [0.2, 0.25) is 0 Å². The van der Waals surface area contributed by atoms with E-state index in [1.165, 1.54) is 5.39 Å². The fraction of sp³-hybridized carbons (Fsp3) is 0.500. The zero-order chi connectivity index (χ0) is 18.4. The summed E-state index contributed by atoms with van der Waals surface area (Å²) in [5.41, 5.74) is 1.18. The Balaban J connectivity index is 1.85. The topological polar surface area (TPSA) is 74.0 Å². The number of carbonyl (C=O) groups is 2. The predicted molar refractivity (Wildman–Crippen MR) is 101 cm³/mol. The highest BCUT2D eigenvalue weighted by molar-refractivity contribution is 6.04. The van der Waals surface area contributed by atoms with Gasteiger partial charge in [0, 0.05) is 30.2 Å². The summed E-state index contributed by atoms with van der Waals surface area (Å²) in [6, 6.07) is 8.09. The van der Waals surface area contributed by atoms with E-state index in [0.29, 0.717) is 19.0 Å². The van der Waals surface area contributed by atoms with E-state index in [1.807, 2.05) is 24.4 Å². The Morgan fingerprint density at radius 3 is 2.40 bits per heavy atom. The predicted octanol–water partition coefficient (Wildman–Crippen LogP) is 3.02. The Bertz CT molecular complexity index is 731. The van der Waals surface area contributed by atoms with E-state index in [2.05, 4.69) is 35.5 Å². The number of aromatic nitrogens is 1. The summed E-state index contributed by atoms with van der Waals surface area (Å²) in [6.45, 7) is 8.65. The van der Waals surface area contributed by atoms with Gasteiger partial charge in [-0.25, -0.2) is 0 Å². The molecule has 1 aromatic heterocycles. The summed E-state index contributed by atoms with van der Waals surface area (Å²) in [4.78, 5) is 27.9. The lowest BCUT2D eigenvalue weighted by atomic mass is 9.91. The van der Waals surface area contributed by atoms with Gasteiger partial charge in [0.15, 0.2) is 0 Å². The van der Waals surface area contributed by atoms with Crippen molar-refractivity contribution in [1.29, 1.82) is 0 Å². The van der Waals surface area contributed by atoms with Gasteiger partial charge in [0.25, 0.3) is 0 Å². The second-order valence-corrected chi connectivity index (χ2v) is 7.43. The lowest BCUT2D eigenvalue weighted by Crippen LogP contribution is -2.48. The van der Waals surface area contributed by atoms with E-state index in [1.54, 1.807) is 13.8 Å². The molecule has 1 aromatic carbocycles. The number of H-pyrrole nitrogens is 1. The molecule has 5 nitrogen and oxygen atoms in total. The molecule has 1 heterocycles. The number of nitrogens with one attached hydrogen (secondary N) is 3. The third kappa shape index (κ3) is 4.84. The van der Waals surface area contributed by atoms with Crippen molar-refractivity contribution < 1.29 is 9.59 Å². The van der Waals surface area contributed by atoms with Crippen LogP contribution in [0.15, 0.2) is 30.5 Å². The van der Waals surface area contributed by atoms with Crippen molar-refractivity contribution in [2.75, 3.05) is 13.1 Å². The molecule has 2 amide bonds. The molecule has 2 aromatic rings. The first-order valence-electron chi connectivity index (χ1n) is 8.94. The maximum Gasteiger partial charge on any atom is 0.235 e. The van der Waals surface area contributed by atoms with Crippen molar-refractivity contribution in [3.05, 3.63) is 36.0 Å². The minimum atomic E-state index is -1.07. The molecule has 136 valence electrons. The third-order valence-corrected chi connectivity index (χ3v) is 4.50. The van der Waals surface area contributed by atoms with Crippen LogP contribution in [0.5, 0.6) is 0 Å². The molecule has 0 aliphatic carbocycles. The van der Waals surface area contributed by atoms with Crippen LogP contribution in [0.3, 0.4) is 0 Å². The Labute approximate surface area is 149 Å². The van der Waals surface area contributed by atoms with Crippen LogP contribution < -0.4 is 10.6 Å². The zero-order valence-corrected chi connectivity index (χ0v) is 15.6. The summed E-state index contributed by atoms with van der Waals surface area (Å²) >= 11 is 0. The summed E-state index contributed by atoms with van der Waals surface area (Å²) in [5.74, 6) is 0.0561. The molecule has 0 unspecified atom stereocenters. The van der Waals surface area contributed by atoms with Crippen molar-refractivity contribution in [3.8, 4) is 0 Å². The lowest BCUT2D eigenvalue weighted by molar-refractivity contribution is -0.141. The number of hydrogen-bond donors (Lipinski definition) is 3. The van der Waals surface area contributed by atoms with Gasteiger partial charge in [0.2, 0.25) is 11.8 Å². The number of amides is 2. The molecule has 3 N–H and O–H groups in total. The number of para-hydroxylation sites is 1. The van der Waals surface area contributed by atoms with Gasteiger partial charge in [0.1, 0.15) is 5.41 Å². The normalized spacial score (nSPS) is 11.7. The second-order valence-electron chi connectivity index (χ2n) is 7.43. The fourth-order valence-corrected chi connectivity index (χ4v) is 2.67. The second kappa shape index (κ2) is 8.19. The van der Waals surface area contributed by atoms with Gasteiger partial charge in [-0.2, -0.15) is 0 Å². The minimum absolute atomic E-state index is 0.224. The summed E-state index contributed by atoms with van der Waals surface area (Å²) in [6.07, 6.45) is 3.60. The highest BCUT2D eigenvalue weighted by atomic mass is 16.2. The number of carbonyl (C=O) groups excluding carboxylic acids is 2. The van der Waals surface area contributed by atoms with Gasteiger partial charge in [-0.05, 0) is 44.2 Å². The molecule has 0 saturated heterocycles. The van der Waals surface area contributed by atoms with E-state index >= 15 is 0 Å². The number of fused-ring (bicyclic) bond motifs is 1. The number of hydrogen-bond acceptors (Lipinski definition) is 2. The van der Waals surface area contributed by atoms with Crippen LogP contribution >= 0.6 is 0 Å². The molecule has 5 heteroatoms. The third-order valence-electron chi connectivity index (χ3n) is 4.50. The van der Waals surface area contributed by atoms with Crippen molar-refractivity contribution in [3.63, 3.8) is 0 Å². The highest BCUT2D eigenvalue weighted by Gasteiger charge is 2.35. The van der Waals surface area contributed by atoms with E-state index in [0.717, 1.165) is 23.9 Å². The van der Waals surface area contributed by atoms with Gasteiger partial charge >= 0.3 is 0 Å². The van der Waals surface area contributed by atoms with Crippen molar-refractivity contribution >= 4 is 22.7 Å². The van der Waals surface area contributed by atoms with Crippen LogP contribution in [0.1, 0.15) is 39.7 Å². The first-order chi connectivity index (χ1) is 11.8. The Morgan fingerprint density at radius 2 is 1.72 bits per heavy atom. The van der Waals surface area contributed by atoms with Crippen LogP contribution in [0.25, 0.3) is 10.9 Å². The van der Waals surface area contributed by atoms with Gasteiger partial charge in [0.05, 0.1) is 0 Å². The van der Waals surface area contributed by atoms with Crippen LogP contribution in [0, 0.1) is 11.3 Å². The molecule has 0 aliphatic rings. The van der Waals surface area contributed by atoms with E-state index in [4.69, 9.17) is 0 Å². The van der Waals surface area contributed by atoms with Gasteiger partial charge in [-0.15, -0.1) is 0 Å². The van der Waals surface area contributed by atoms with Crippen molar-refractivity contribution in [2.24, 2.45) is 11.3 Å². The SMILES string of the molecule is CC(C)CCNC(=O)C(C)(C)C(=O)NCCc1c[nH]c2ccccc12. The maximum atomic E-state index is 12.4. The maximum absolute atomic E-state index is 12.4. The standard InChI is InChI=1S/C20H29N3O2/c1-14(2)9-11-21-18(24)20(3,4)19(25)22-12-10-15-13-23-17-8-6-5-7-16(15)17/h5-8,13-14,23H,9-12H2,1-4H3,(H,21,24)(H,22,25). The molecule has 0 radical (unpaired) electrons. The Morgan fingerprint density at radius 1 is 1.08 bits per heavy atom. The molecule has 0 aliphatic heterocycles. The molecule has 2 rings (SSSR count).